The van der Waals surface area contributed by atoms with Crippen LogP contribution in [0.5, 0.6) is 0 Å². The van der Waals surface area contributed by atoms with E-state index in [-0.39, 0.29) is 5.91 Å². The van der Waals surface area contributed by atoms with Crippen LogP contribution < -0.4 is 0 Å². The van der Waals surface area contributed by atoms with Crippen molar-refractivity contribution in [2.24, 2.45) is 0 Å². The van der Waals surface area contributed by atoms with Gasteiger partial charge in [0.25, 0.3) is 0 Å². The van der Waals surface area contributed by atoms with Gasteiger partial charge in [-0.15, -0.1) is 0 Å². The molecule has 0 saturated carbocycles. The van der Waals surface area contributed by atoms with Crippen molar-refractivity contribution in [1.82, 2.24) is 9.88 Å². The molecule has 4 nitrogen and oxygen atoms in total. The highest BCUT2D eigenvalue weighted by molar-refractivity contribution is 7.99. The molecule has 6 heteroatoms. The van der Waals surface area contributed by atoms with Crippen LogP contribution >= 0.6 is 23.4 Å². The van der Waals surface area contributed by atoms with Gasteiger partial charge in [-0.3, -0.25) is 4.79 Å². The Balaban J connectivity index is 1.56. The van der Waals surface area contributed by atoms with E-state index in [1.165, 1.54) is 11.8 Å². The molecule has 2 aromatic heterocycles. The zero-order valence-corrected chi connectivity index (χ0v) is 15.3. The zero-order valence-electron chi connectivity index (χ0n) is 13.7. The predicted octanol–water partition coefficient (Wildman–Crippen LogP) is 4.75. The Bertz CT molecular complexity index is 834. The first-order valence-corrected chi connectivity index (χ1v) is 9.10. The first-order chi connectivity index (χ1) is 12.1. The molecule has 0 bridgehead atoms. The first kappa shape index (κ1) is 17.6. The molecule has 3 aromatic rings. The number of hydrogen-bond acceptors (Lipinski definition) is 4. The smallest absolute Gasteiger partial charge is 0.233 e. The van der Waals surface area contributed by atoms with Gasteiger partial charge in [-0.25, -0.2) is 4.98 Å². The van der Waals surface area contributed by atoms with Crippen molar-refractivity contribution < 1.29 is 9.21 Å². The second-order valence-electron chi connectivity index (χ2n) is 5.48. The number of nitrogens with zero attached hydrogens (tertiary/aromatic N) is 2. The lowest BCUT2D eigenvalue weighted by molar-refractivity contribution is -0.127. The summed E-state index contributed by atoms with van der Waals surface area (Å²) >= 11 is 7.33. The van der Waals surface area contributed by atoms with E-state index in [9.17, 15) is 4.79 Å². The number of aromatic nitrogens is 1. The van der Waals surface area contributed by atoms with Crippen molar-refractivity contribution >= 4 is 29.3 Å². The Labute approximate surface area is 155 Å². The minimum absolute atomic E-state index is 0.0279. The molecule has 0 atom stereocenters. The van der Waals surface area contributed by atoms with E-state index >= 15 is 0 Å². The summed E-state index contributed by atoms with van der Waals surface area (Å²) in [7, 11) is 1.77. The molecule has 1 aromatic carbocycles. The number of carbonyl (C=O) groups excluding carboxylic acids is 1. The number of hydrogen-bond donors (Lipinski definition) is 0. The van der Waals surface area contributed by atoms with E-state index in [2.05, 4.69) is 4.98 Å². The summed E-state index contributed by atoms with van der Waals surface area (Å²) in [5.74, 6) is 1.87. The quantitative estimate of drug-likeness (QED) is 0.586. The van der Waals surface area contributed by atoms with Crippen molar-refractivity contribution in [3.05, 3.63) is 71.6 Å². The number of furan rings is 1. The van der Waals surface area contributed by atoms with Crippen LogP contribution in [0.1, 0.15) is 5.76 Å². The fourth-order valence-electron chi connectivity index (χ4n) is 2.23. The van der Waals surface area contributed by atoms with E-state index in [1.807, 2.05) is 54.6 Å². The van der Waals surface area contributed by atoms with Gasteiger partial charge in [-0.2, -0.15) is 0 Å². The summed E-state index contributed by atoms with van der Waals surface area (Å²) in [6.45, 7) is 0.426. The van der Waals surface area contributed by atoms with Gasteiger partial charge in [0, 0.05) is 23.8 Å². The molecule has 0 radical (unpaired) electrons. The molecule has 25 heavy (non-hydrogen) atoms. The topological polar surface area (TPSA) is 46.3 Å². The summed E-state index contributed by atoms with van der Waals surface area (Å²) in [5.41, 5.74) is 0.954. The second kappa shape index (κ2) is 8.23. The fraction of sp³-hybridized carbons (Fsp3) is 0.158. The van der Waals surface area contributed by atoms with Crippen LogP contribution in [0.3, 0.4) is 0 Å². The van der Waals surface area contributed by atoms with Crippen LogP contribution in [-0.4, -0.2) is 28.6 Å². The Kier molecular flexibility index (Phi) is 5.79. The van der Waals surface area contributed by atoms with E-state index in [0.717, 1.165) is 22.1 Å². The van der Waals surface area contributed by atoms with Crippen LogP contribution in [0.4, 0.5) is 0 Å². The fourth-order valence-corrected chi connectivity index (χ4v) is 3.16. The molecule has 0 fully saturated rings. The summed E-state index contributed by atoms with van der Waals surface area (Å²) in [6, 6.07) is 16.9. The highest BCUT2D eigenvalue weighted by Crippen LogP contribution is 2.24. The molecule has 0 unspecified atom stereocenters. The van der Waals surface area contributed by atoms with E-state index in [4.69, 9.17) is 16.0 Å². The van der Waals surface area contributed by atoms with Gasteiger partial charge in [0.2, 0.25) is 5.91 Å². The molecule has 3 rings (SSSR count). The Morgan fingerprint density at radius 1 is 1.16 bits per heavy atom. The maximum atomic E-state index is 12.3. The minimum atomic E-state index is 0.0279. The molecule has 2 heterocycles. The van der Waals surface area contributed by atoms with E-state index in [0.29, 0.717) is 17.3 Å². The Morgan fingerprint density at radius 3 is 2.68 bits per heavy atom. The zero-order chi connectivity index (χ0) is 17.6. The van der Waals surface area contributed by atoms with Gasteiger partial charge >= 0.3 is 0 Å². The third kappa shape index (κ3) is 4.87. The molecule has 0 saturated heterocycles. The van der Waals surface area contributed by atoms with Crippen molar-refractivity contribution in [2.45, 2.75) is 11.6 Å². The predicted molar refractivity (Wildman–Crippen MR) is 101 cm³/mol. The lowest BCUT2D eigenvalue weighted by Gasteiger charge is -2.15. The minimum Gasteiger partial charge on any atom is -0.459 e. The average Bonchev–Trinajstić information content (AvgIpc) is 3.09. The van der Waals surface area contributed by atoms with Crippen LogP contribution in [0, 0.1) is 0 Å². The molecule has 0 aliphatic heterocycles. The third-order valence-electron chi connectivity index (χ3n) is 3.59. The highest BCUT2D eigenvalue weighted by Gasteiger charge is 2.13. The number of pyridine rings is 1. The lowest BCUT2D eigenvalue weighted by Crippen LogP contribution is -2.27. The first-order valence-electron chi connectivity index (χ1n) is 7.74. The Morgan fingerprint density at radius 2 is 1.96 bits per heavy atom. The van der Waals surface area contributed by atoms with Crippen molar-refractivity contribution in [1.29, 1.82) is 0 Å². The number of amides is 1. The molecule has 0 N–H and O–H groups in total. The summed E-state index contributed by atoms with van der Waals surface area (Å²) in [6.07, 6.45) is 1.72. The monoisotopic (exact) mass is 372 g/mol. The molecule has 0 aliphatic carbocycles. The van der Waals surface area contributed by atoms with Gasteiger partial charge in [0.15, 0.2) is 0 Å². The molecule has 1 amide bonds. The number of carbonyl (C=O) groups is 1. The lowest BCUT2D eigenvalue weighted by atomic mass is 10.2. The van der Waals surface area contributed by atoms with Gasteiger partial charge in [-0.1, -0.05) is 29.4 Å². The molecule has 0 aliphatic rings. The number of halogens is 1. The number of rotatable bonds is 6. The normalized spacial score (nSPS) is 10.6. The van der Waals surface area contributed by atoms with Crippen LogP contribution in [-0.2, 0) is 11.3 Å². The summed E-state index contributed by atoms with van der Waals surface area (Å²) in [4.78, 5) is 18.1. The van der Waals surface area contributed by atoms with Gasteiger partial charge in [0.05, 0.1) is 17.3 Å². The second-order valence-corrected chi connectivity index (χ2v) is 6.91. The molecule has 128 valence electrons. The van der Waals surface area contributed by atoms with E-state index < -0.39 is 0 Å². The SMILES string of the molecule is CN(Cc1ccc(-c2ccc(Cl)cc2)o1)C(=O)CSc1ccccn1. The summed E-state index contributed by atoms with van der Waals surface area (Å²) in [5, 5.41) is 1.53. The molecular formula is C19H17ClN2O2S. The largest absolute Gasteiger partial charge is 0.459 e. The maximum absolute atomic E-state index is 12.3. The van der Waals surface area contributed by atoms with E-state index in [1.54, 1.807) is 18.1 Å². The van der Waals surface area contributed by atoms with Gasteiger partial charge in [-0.05, 0) is 48.5 Å². The third-order valence-corrected chi connectivity index (χ3v) is 4.77. The number of benzene rings is 1. The Hall–Kier alpha value is -2.24. The van der Waals surface area contributed by atoms with Crippen molar-refractivity contribution in [3.63, 3.8) is 0 Å². The average molecular weight is 373 g/mol. The van der Waals surface area contributed by atoms with Gasteiger partial charge < -0.3 is 9.32 Å². The molecular weight excluding hydrogens is 356 g/mol. The molecule has 0 spiro atoms. The van der Waals surface area contributed by atoms with Gasteiger partial charge in [0.1, 0.15) is 11.5 Å². The van der Waals surface area contributed by atoms with Crippen LogP contribution in [0.25, 0.3) is 11.3 Å². The van der Waals surface area contributed by atoms with Crippen molar-refractivity contribution in [3.8, 4) is 11.3 Å². The summed E-state index contributed by atoms with van der Waals surface area (Å²) < 4.78 is 5.84. The standard InChI is InChI=1S/C19H17ClN2O2S/c1-22(19(23)13-25-18-4-2-3-11-21-18)12-16-9-10-17(24-16)14-5-7-15(20)8-6-14/h2-11H,12-13H2,1H3. The maximum Gasteiger partial charge on any atom is 0.233 e. The van der Waals surface area contributed by atoms with Crippen LogP contribution in [0.2, 0.25) is 5.02 Å². The highest BCUT2D eigenvalue weighted by atomic mass is 35.5. The van der Waals surface area contributed by atoms with Crippen molar-refractivity contribution in [2.75, 3.05) is 12.8 Å². The number of thioether (sulfide) groups is 1. The van der Waals surface area contributed by atoms with Crippen LogP contribution in [0.15, 0.2) is 70.2 Å².